The first kappa shape index (κ1) is 12.7. The molecule has 15 heavy (non-hydrogen) atoms. The van der Waals surface area contributed by atoms with Crippen molar-refractivity contribution in [2.75, 3.05) is 13.2 Å². The van der Waals surface area contributed by atoms with Crippen LogP contribution in [-0.4, -0.2) is 19.3 Å². The molecule has 1 atom stereocenters. The third-order valence-electron chi connectivity index (χ3n) is 2.37. The molecule has 0 saturated carbocycles. The third kappa shape index (κ3) is 4.78. The minimum atomic E-state index is 0.236. The van der Waals surface area contributed by atoms with Gasteiger partial charge < -0.3 is 10.5 Å². The van der Waals surface area contributed by atoms with Crippen molar-refractivity contribution in [3.63, 3.8) is 0 Å². The molecule has 86 valence electrons. The summed E-state index contributed by atoms with van der Waals surface area (Å²) in [5, 5.41) is 0. The maximum atomic E-state index is 6.02. The van der Waals surface area contributed by atoms with Gasteiger partial charge in [0, 0.05) is 29.0 Å². The Morgan fingerprint density at radius 1 is 1.33 bits per heavy atom. The highest BCUT2D eigenvalue weighted by Crippen LogP contribution is 2.18. The van der Waals surface area contributed by atoms with Crippen molar-refractivity contribution in [2.45, 2.75) is 39.2 Å². The average molecular weight is 227 g/mol. The number of nitrogens with two attached hydrogens (primary N) is 1. The third-order valence-corrected chi connectivity index (χ3v) is 3.62. The highest BCUT2D eigenvalue weighted by molar-refractivity contribution is 7.11. The summed E-state index contributed by atoms with van der Waals surface area (Å²) < 4.78 is 5.29. The zero-order valence-corrected chi connectivity index (χ0v) is 10.5. The second kappa shape index (κ2) is 6.99. The quantitative estimate of drug-likeness (QED) is 0.727. The Morgan fingerprint density at radius 3 is 2.67 bits per heavy atom. The highest BCUT2D eigenvalue weighted by atomic mass is 32.1. The normalized spacial score (nSPS) is 13.0. The molecule has 0 aliphatic rings. The number of hydrogen-bond acceptors (Lipinski definition) is 3. The predicted molar refractivity (Wildman–Crippen MR) is 66.5 cm³/mol. The largest absolute Gasteiger partial charge is 0.382 e. The van der Waals surface area contributed by atoms with Crippen molar-refractivity contribution in [3.8, 4) is 0 Å². The Labute approximate surface area is 96.4 Å². The van der Waals surface area contributed by atoms with E-state index in [1.807, 2.05) is 18.3 Å². The van der Waals surface area contributed by atoms with Crippen molar-refractivity contribution in [1.29, 1.82) is 0 Å². The summed E-state index contributed by atoms with van der Waals surface area (Å²) >= 11 is 1.88. The van der Waals surface area contributed by atoms with Gasteiger partial charge in [0.15, 0.2) is 0 Å². The maximum Gasteiger partial charge on any atom is 0.0480 e. The van der Waals surface area contributed by atoms with Crippen molar-refractivity contribution >= 4 is 11.3 Å². The molecule has 0 fully saturated rings. The molecule has 1 heterocycles. The number of hydrogen-bond donors (Lipinski definition) is 1. The summed E-state index contributed by atoms with van der Waals surface area (Å²) in [5.41, 5.74) is 6.02. The van der Waals surface area contributed by atoms with E-state index in [0.717, 1.165) is 32.5 Å². The van der Waals surface area contributed by atoms with E-state index in [1.54, 1.807) is 0 Å². The molecule has 1 aromatic rings. The van der Waals surface area contributed by atoms with E-state index in [0.29, 0.717) is 0 Å². The number of thiophene rings is 1. The van der Waals surface area contributed by atoms with E-state index in [2.05, 4.69) is 19.1 Å². The molecular formula is C12H21NOS. The smallest absolute Gasteiger partial charge is 0.0480 e. The molecule has 0 amide bonds. The number of ether oxygens (including phenoxy) is 1. The second-order valence-electron chi connectivity index (χ2n) is 3.67. The summed E-state index contributed by atoms with van der Waals surface area (Å²) in [6, 6.07) is 4.64. The summed E-state index contributed by atoms with van der Waals surface area (Å²) in [5.74, 6) is 0. The first-order valence-corrected chi connectivity index (χ1v) is 6.48. The number of aryl methyl sites for hydroxylation is 1. The van der Waals surface area contributed by atoms with Gasteiger partial charge in [0.2, 0.25) is 0 Å². The molecule has 1 unspecified atom stereocenters. The van der Waals surface area contributed by atoms with Crippen LogP contribution in [0.3, 0.4) is 0 Å². The zero-order chi connectivity index (χ0) is 11.1. The lowest BCUT2D eigenvalue weighted by Crippen LogP contribution is -2.24. The van der Waals surface area contributed by atoms with Gasteiger partial charge in [-0.2, -0.15) is 0 Å². The van der Waals surface area contributed by atoms with Crippen LogP contribution in [0, 0.1) is 0 Å². The van der Waals surface area contributed by atoms with Gasteiger partial charge >= 0.3 is 0 Å². The van der Waals surface area contributed by atoms with Gasteiger partial charge in [-0.05, 0) is 38.3 Å². The Bertz CT molecular complexity index is 272. The molecule has 1 rings (SSSR count). The molecule has 2 nitrogen and oxygen atoms in total. The van der Waals surface area contributed by atoms with Gasteiger partial charge in [0.05, 0.1) is 0 Å². The topological polar surface area (TPSA) is 35.2 Å². The van der Waals surface area contributed by atoms with E-state index in [9.17, 15) is 0 Å². The van der Waals surface area contributed by atoms with Crippen LogP contribution in [0.4, 0.5) is 0 Å². The van der Waals surface area contributed by atoms with Gasteiger partial charge in [-0.25, -0.2) is 0 Å². The van der Waals surface area contributed by atoms with Crippen LogP contribution in [0.2, 0.25) is 0 Å². The highest BCUT2D eigenvalue weighted by Gasteiger charge is 2.06. The summed E-state index contributed by atoms with van der Waals surface area (Å²) in [6.07, 6.45) is 3.06. The molecule has 0 aromatic carbocycles. The Kier molecular flexibility index (Phi) is 5.91. The van der Waals surface area contributed by atoms with E-state index in [-0.39, 0.29) is 6.04 Å². The molecule has 2 N–H and O–H groups in total. The molecule has 0 bridgehead atoms. The fourth-order valence-corrected chi connectivity index (χ4v) is 2.51. The molecule has 0 aliphatic carbocycles. The van der Waals surface area contributed by atoms with Crippen LogP contribution in [0.5, 0.6) is 0 Å². The minimum Gasteiger partial charge on any atom is -0.382 e. The number of rotatable bonds is 7. The first-order chi connectivity index (χ1) is 7.26. The molecule has 3 heteroatoms. The van der Waals surface area contributed by atoms with Crippen LogP contribution in [0.15, 0.2) is 12.1 Å². The lowest BCUT2D eigenvalue weighted by molar-refractivity contribution is 0.140. The SMILES string of the molecule is CCOCCC(N)Cc1ccc(CC)s1. The molecular weight excluding hydrogens is 206 g/mol. The van der Waals surface area contributed by atoms with E-state index >= 15 is 0 Å². The van der Waals surface area contributed by atoms with Crippen LogP contribution < -0.4 is 5.73 Å². The summed E-state index contributed by atoms with van der Waals surface area (Å²) in [7, 11) is 0. The Balaban J connectivity index is 2.27. The van der Waals surface area contributed by atoms with E-state index < -0.39 is 0 Å². The standard InChI is InChI=1S/C12H21NOS/c1-3-11-5-6-12(15-11)9-10(13)7-8-14-4-2/h5-6,10H,3-4,7-9,13H2,1-2H3. The van der Waals surface area contributed by atoms with E-state index in [1.165, 1.54) is 9.75 Å². The Morgan fingerprint density at radius 2 is 2.07 bits per heavy atom. The van der Waals surface area contributed by atoms with Crippen LogP contribution >= 0.6 is 11.3 Å². The molecule has 0 aliphatic heterocycles. The lowest BCUT2D eigenvalue weighted by Gasteiger charge is -2.09. The van der Waals surface area contributed by atoms with Crippen LogP contribution in [0.25, 0.3) is 0 Å². The summed E-state index contributed by atoms with van der Waals surface area (Å²) in [4.78, 5) is 2.85. The van der Waals surface area contributed by atoms with Gasteiger partial charge in [0.1, 0.15) is 0 Å². The Hall–Kier alpha value is -0.380. The van der Waals surface area contributed by atoms with Crippen molar-refractivity contribution in [1.82, 2.24) is 0 Å². The minimum absolute atomic E-state index is 0.236. The maximum absolute atomic E-state index is 6.02. The summed E-state index contributed by atoms with van der Waals surface area (Å²) in [6.45, 7) is 5.76. The van der Waals surface area contributed by atoms with Crippen molar-refractivity contribution in [2.24, 2.45) is 5.73 Å². The fourth-order valence-electron chi connectivity index (χ4n) is 1.46. The molecule has 0 spiro atoms. The second-order valence-corrected chi connectivity index (χ2v) is 4.92. The van der Waals surface area contributed by atoms with Crippen molar-refractivity contribution < 1.29 is 4.74 Å². The molecule has 0 radical (unpaired) electrons. The van der Waals surface area contributed by atoms with Gasteiger partial charge in [-0.1, -0.05) is 6.92 Å². The average Bonchev–Trinajstić information content (AvgIpc) is 2.66. The van der Waals surface area contributed by atoms with Crippen LogP contribution in [0.1, 0.15) is 30.0 Å². The van der Waals surface area contributed by atoms with Crippen molar-refractivity contribution in [3.05, 3.63) is 21.9 Å². The fraction of sp³-hybridized carbons (Fsp3) is 0.667. The lowest BCUT2D eigenvalue weighted by atomic mass is 10.1. The molecule has 0 saturated heterocycles. The van der Waals surface area contributed by atoms with Gasteiger partial charge in [-0.3, -0.25) is 0 Å². The van der Waals surface area contributed by atoms with E-state index in [4.69, 9.17) is 10.5 Å². The zero-order valence-electron chi connectivity index (χ0n) is 9.66. The molecule has 1 aromatic heterocycles. The monoisotopic (exact) mass is 227 g/mol. The first-order valence-electron chi connectivity index (χ1n) is 5.67. The van der Waals surface area contributed by atoms with Gasteiger partial charge in [0.25, 0.3) is 0 Å². The van der Waals surface area contributed by atoms with Gasteiger partial charge in [-0.15, -0.1) is 11.3 Å². The van der Waals surface area contributed by atoms with Crippen LogP contribution in [-0.2, 0) is 17.6 Å². The predicted octanol–water partition coefficient (Wildman–Crippen LogP) is 2.61.